The second-order valence-electron chi connectivity index (χ2n) is 1.92. The van der Waals surface area contributed by atoms with Gasteiger partial charge in [-0.1, -0.05) is 11.6 Å². The molecule has 0 saturated heterocycles. The van der Waals surface area contributed by atoms with Crippen LogP contribution >= 0.6 is 34.2 Å². The van der Waals surface area contributed by atoms with Crippen LogP contribution in [0.1, 0.15) is 17.4 Å². The van der Waals surface area contributed by atoms with Crippen molar-refractivity contribution in [1.82, 2.24) is 10.2 Å². The Morgan fingerprint density at radius 2 is 2.50 bits per heavy atom. The van der Waals surface area contributed by atoms with E-state index in [1.807, 2.05) is 22.6 Å². The van der Waals surface area contributed by atoms with Crippen molar-refractivity contribution in [3.05, 3.63) is 14.4 Å². The van der Waals surface area contributed by atoms with E-state index in [9.17, 15) is 4.79 Å². The van der Waals surface area contributed by atoms with Crippen LogP contribution in [0.4, 0.5) is 0 Å². The molecule has 1 N–H and O–H groups in total. The van der Waals surface area contributed by atoms with Gasteiger partial charge in [0.15, 0.2) is 5.69 Å². The SMILES string of the molecule is CCOC(=O)c1n[nH]c(Cl)c1I. The molecule has 0 saturated carbocycles. The van der Waals surface area contributed by atoms with E-state index in [1.165, 1.54) is 0 Å². The predicted molar refractivity (Wildman–Crippen MR) is 52.3 cm³/mol. The summed E-state index contributed by atoms with van der Waals surface area (Å²) in [6, 6.07) is 0. The average Bonchev–Trinajstić information content (AvgIpc) is 2.34. The Kier molecular flexibility index (Phi) is 3.33. The molecule has 6 heteroatoms. The molecule has 1 rings (SSSR count). The number of H-pyrrole nitrogens is 1. The summed E-state index contributed by atoms with van der Waals surface area (Å²) in [5, 5.41) is 6.54. The van der Waals surface area contributed by atoms with Crippen LogP contribution in [0, 0.1) is 3.57 Å². The number of carbonyl (C=O) groups excluding carboxylic acids is 1. The molecule has 0 aromatic carbocycles. The van der Waals surface area contributed by atoms with Crippen molar-refractivity contribution in [2.75, 3.05) is 6.61 Å². The van der Waals surface area contributed by atoms with Gasteiger partial charge in [-0.2, -0.15) is 5.10 Å². The molecule has 0 aliphatic rings. The first-order valence-electron chi connectivity index (χ1n) is 3.23. The summed E-state index contributed by atoms with van der Waals surface area (Å²) in [6.45, 7) is 2.07. The summed E-state index contributed by atoms with van der Waals surface area (Å²) in [4.78, 5) is 11.1. The van der Waals surface area contributed by atoms with Gasteiger partial charge in [0, 0.05) is 0 Å². The molecule has 0 atom stereocenters. The van der Waals surface area contributed by atoms with Crippen molar-refractivity contribution in [1.29, 1.82) is 0 Å². The minimum Gasteiger partial charge on any atom is -0.461 e. The third-order valence-electron chi connectivity index (χ3n) is 1.14. The number of aromatic nitrogens is 2. The molecular weight excluding hydrogens is 294 g/mol. The Bertz CT molecular complexity index is 300. The molecule has 0 fully saturated rings. The number of carbonyl (C=O) groups is 1. The molecular formula is C6H6ClIN2O2. The van der Waals surface area contributed by atoms with Crippen molar-refractivity contribution in [3.8, 4) is 0 Å². The first-order chi connectivity index (χ1) is 5.66. The zero-order valence-electron chi connectivity index (χ0n) is 6.23. The van der Waals surface area contributed by atoms with Gasteiger partial charge in [0.25, 0.3) is 0 Å². The molecule has 0 unspecified atom stereocenters. The minimum atomic E-state index is -0.454. The molecule has 12 heavy (non-hydrogen) atoms. The number of hydrogen-bond donors (Lipinski definition) is 1. The molecule has 0 spiro atoms. The molecule has 0 aliphatic heterocycles. The van der Waals surface area contributed by atoms with Crippen molar-refractivity contribution < 1.29 is 9.53 Å². The minimum absolute atomic E-state index is 0.238. The average molecular weight is 300 g/mol. The first-order valence-corrected chi connectivity index (χ1v) is 4.69. The van der Waals surface area contributed by atoms with E-state index in [4.69, 9.17) is 16.3 Å². The fourth-order valence-corrected chi connectivity index (χ4v) is 1.23. The number of nitrogens with one attached hydrogen (secondary N) is 1. The smallest absolute Gasteiger partial charge is 0.359 e. The van der Waals surface area contributed by atoms with Gasteiger partial charge in [0.2, 0.25) is 0 Å². The zero-order chi connectivity index (χ0) is 9.14. The van der Waals surface area contributed by atoms with E-state index in [1.54, 1.807) is 6.92 Å². The van der Waals surface area contributed by atoms with E-state index in [0.717, 1.165) is 0 Å². The monoisotopic (exact) mass is 300 g/mol. The lowest BCUT2D eigenvalue weighted by atomic mass is 10.4. The van der Waals surface area contributed by atoms with E-state index in [0.29, 0.717) is 15.3 Å². The second kappa shape index (κ2) is 4.08. The van der Waals surface area contributed by atoms with Gasteiger partial charge in [0.05, 0.1) is 10.2 Å². The lowest BCUT2D eigenvalue weighted by Gasteiger charge is -1.96. The van der Waals surface area contributed by atoms with Crippen LogP contribution in [0.2, 0.25) is 5.15 Å². The van der Waals surface area contributed by atoms with Gasteiger partial charge >= 0.3 is 5.97 Å². The number of ether oxygens (including phenoxy) is 1. The third-order valence-corrected chi connectivity index (χ3v) is 2.78. The number of esters is 1. The van der Waals surface area contributed by atoms with Crippen molar-refractivity contribution in [2.24, 2.45) is 0 Å². The molecule has 0 bridgehead atoms. The Labute approximate surface area is 87.8 Å². The van der Waals surface area contributed by atoms with E-state index in [-0.39, 0.29) is 5.69 Å². The number of hydrogen-bond acceptors (Lipinski definition) is 3. The maximum absolute atomic E-state index is 11.1. The Morgan fingerprint density at radius 1 is 1.83 bits per heavy atom. The molecule has 66 valence electrons. The van der Waals surface area contributed by atoms with Gasteiger partial charge in [-0.25, -0.2) is 4.79 Å². The molecule has 1 aromatic rings. The van der Waals surface area contributed by atoms with Crippen molar-refractivity contribution in [3.63, 3.8) is 0 Å². The molecule has 1 aromatic heterocycles. The first kappa shape index (κ1) is 9.79. The fraction of sp³-hybridized carbons (Fsp3) is 0.333. The highest BCUT2D eigenvalue weighted by atomic mass is 127. The standard InChI is InChI=1S/C6H6ClIN2O2/c1-2-12-6(11)4-3(8)5(7)10-9-4/h2H2,1H3,(H,9,10). The zero-order valence-corrected chi connectivity index (χ0v) is 9.14. The Hall–Kier alpha value is -0.300. The molecule has 0 aliphatic carbocycles. The van der Waals surface area contributed by atoms with Crippen LogP contribution in [0.25, 0.3) is 0 Å². The number of halogens is 2. The Morgan fingerprint density at radius 3 is 2.92 bits per heavy atom. The highest BCUT2D eigenvalue weighted by Gasteiger charge is 2.16. The van der Waals surface area contributed by atoms with Crippen LogP contribution in [0.5, 0.6) is 0 Å². The lowest BCUT2D eigenvalue weighted by Crippen LogP contribution is -2.06. The topological polar surface area (TPSA) is 55.0 Å². The van der Waals surface area contributed by atoms with Gasteiger partial charge in [-0.3, -0.25) is 5.10 Å². The maximum Gasteiger partial charge on any atom is 0.359 e. The summed E-state index contributed by atoms with van der Waals surface area (Å²) >= 11 is 7.57. The van der Waals surface area contributed by atoms with Crippen LogP contribution in [0.15, 0.2) is 0 Å². The molecule has 4 nitrogen and oxygen atoms in total. The van der Waals surface area contributed by atoms with Gasteiger partial charge in [-0.05, 0) is 29.5 Å². The third kappa shape index (κ3) is 1.89. The second-order valence-corrected chi connectivity index (χ2v) is 3.38. The van der Waals surface area contributed by atoms with Crippen molar-refractivity contribution in [2.45, 2.75) is 6.92 Å². The highest BCUT2D eigenvalue weighted by molar-refractivity contribution is 14.1. The largest absolute Gasteiger partial charge is 0.461 e. The molecule has 0 radical (unpaired) electrons. The summed E-state index contributed by atoms with van der Waals surface area (Å²) in [7, 11) is 0. The number of rotatable bonds is 2. The molecule has 1 heterocycles. The summed E-state index contributed by atoms with van der Waals surface area (Å²) in [5.41, 5.74) is 0.238. The van der Waals surface area contributed by atoms with Gasteiger partial charge in [-0.15, -0.1) is 0 Å². The maximum atomic E-state index is 11.1. The predicted octanol–water partition coefficient (Wildman–Crippen LogP) is 1.84. The van der Waals surface area contributed by atoms with Crippen molar-refractivity contribution >= 4 is 40.2 Å². The van der Waals surface area contributed by atoms with E-state index < -0.39 is 5.97 Å². The summed E-state index contributed by atoms with van der Waals surface area (Å²) < 4.78 is 5.33. The number of aromatic amines is 1. The fourth-order valence-electron chi connectivity index (χ4n) is 0.642. The molecule has 0 amide bonds. The summed E-state index contributed by atoms with van der Waals surface area (Å²) in [5.74, 6) is -0.454. The lowest BCUT2D eigenvalue weighted by molar-refractivity contribution is 0.0518. The highest BCUT2D eigenvalue weighted by Crippen LogP contribution is 2.19. The summed E-state index contributed by atoms with van der Waals surface area (Å²) in [6.07, 6.45) is 0. The van der Waals surface area contributed by atoms with Gasteiger partial charge < -0.3 is 4.74 Å². The van der Waals surface area contributed by atoms with E-state index >= 15 is 0 Å². The van der Waals surface area contributed by atoms with E-state index in [2.05, 4.69) is 10.2 Å². The van der Waals surface area contributed by atoms with Crippen LogP contribution < -0.4 is 0 Å². The van der Waals surface area contributed by atoms with Crippen LogP contribution in [-0.4, -0.2) is 22.8 Å². The number of nitrogens with zero attached hydrogens (tertiary/aromatic N) is 1. The van der Waals surface area contributed by atoms with Crippen LogP contribution in [-0.2, 0) is 4.74 Å². The van der Waals surface area contributed by atoms with Crippen LogP contribution in [0.3, 0.4) is 0 Å². The Balaban J connectivity index is 2.88. The normalized spacial score (nSPS) is 9.92. The quantitative estimate of drug-likeness (QED) is 0.670. The van der Waals surface area contributed by atoms with Gasteiger partial charge in [0.1, 0.15) is 5.15 Å².